The molecule has 5 rings (SSSR count). The highest BCUT2D eigenvalue weighted by Gasteiger charge is 2.19. The molecule has 0 fully saturated rings. The first kappa shape index (κ1) is 18.4. The Morgan fingerprint density at radius 1 is 1.14 bits per heavy atom. The lowest BCUT2D eigenvalue weighted by atomic mass is 10.1. The van der Waals surface area contributed by atoms with Gasteiger partial charge in [-0.2, -0.15) is 0 Å². The molecular weight excluding hydrogens is 435 g/mol. The SMILES string of the molecule is Nc1nc(CSc2nnc3c(Cl)cc(Cl)cn23)nc2sc3c(c12)CCCCC3. The summed E-state index contributed by atoms with van der Waals surface area (Å²) in [6, 6.07) is 1.65. The maximum absolute atomic E-state index is 6.33. The Morgan fingerprint density at radius 2 is 2.00 bits per heavy atom. The zero-order valence-electron chi connectivity index (χ0n) is 14.8. The van der Waals surface area contributed by atoms with Crippen molar-refractivity contribution < 1.29 is 0 Å². The number of nitrogens with zero attached hydrogens (tertiary/aromatic N) is 5. The minimum Gasteiger partial charge on any atom is -0.383 e. The number of thioether (sulfide) groups is 1. The molecule has 0 aliphatic heterocycles. The average molecular weight is 451 g/mol. The number of nitrogens with two attached hydrogens (primary N) is 1. The lowest BCUT2D eigenvalue weighted by Crippen LogP contribution is -2.00. The average Bonchev–Trinajstić information content (AvgIpc) is 3.14. The number of aromatic nitrogens is 5. The summed E-state index contributed by atoms with van der Waals surface area (Å²) in [6.07, 6.45) is 7.66. The van der Waals surface area contributed by atoms with Crippen LogP contribution in [0.25, 0.3) is 15.9 Å². The van der Waals surface area contributed by atoms with Gasteiger partial charge in [-0.15, -0.1) is 21.5 Å². The zero-order chi connectivity index (χ0) is 19.3. The Bertz CT molecular complexity index is 1200. The van der Waals surface area contributed by atoms with E-state index in [2.05, 4.69) is 15.2 Å². The molecule has 0 spiro atoms. The third-order valence-corrected chi connectivity index (χ3v) is 7.47. The van der Waals surface area contributed by atoms with Crippen LogP contribution < -0.4 is 5.73 Å². The molecule has 1 aliphatic carbocycles. The van der Waals surface area contributed by atoms with Crippen LogP contribution in [0.3, 0.4) is 0 Å². The van der Waals surface area contributed by atoms with Gasteiger partial charge in [0.05, 0.1) is 21.2 Å². The fourth-order valence-electron chi connectivity index (χ4n) is 3.60. The van der Waals surface area contributed by atoms with Gasteiger partial charge in [-0.25, -0.2) is 9.97 Å². The van der Waals surface area contributed by atoms with Crippen molar-refractivity contribution in [2.75, 3.05) is 5.73 Å². The summed E-state index contributed by atoms with van der Waals surface area (Å²) in [7, 11) is 0. The third kappa shape index (κ3) is 3.22. The second kappa shape index (κ2) is 7.33. The number of fused-ring (bicyclic) bond motifs is 4. The third-order valence-electron chi connectivity index (χ3n) is 4.86. The predicted molar refractivity (Wildman–Crippen MR) is 116 cm³/mol. The van der Waals surface area contributed by atoms with Gasteiger partial charge >= 0.3 is 0 Å². The van der Waals surface area contributed by atoms with Crippen LogP contribution in [0.15, 0.2) is 17.4 Å². The summed E-state index contributed by atoms with van der Waals surface area (Å²) < 4.78 is 1.78. The fourth-order valence-corrected chi connectivity index (χ4v) is 6.16. The number of hydrogen-bond donors (Lipinski definition) is 1. The zero-order valence-corrected chi connectivity index (χ0v) is 17.9. The smallest absolute Gasteiger partial charge is 0.196 e. The maximum Gasteiger partial charge on any atom is 0.196 e. The van der Waals surface area contributed by atoms with Gasteiger partial charge in [-0.05, 0) is 37.3 Å². The number of thiophene rings is 1. The quantitative estimate of drug-likeness (QED) is 0.341. The summed E-state index contributed by atoms with van der Waals surface area (Å²) in [5, 5.41) is 11.1. The van der Waals surface area contributed by atoms with E-state index in [0.29, 0.717) is 38.2 Å². The fraction of sp³-hybridized carbons (Fsp3) is 0.333. The van der Waals surface area contributed by atoms with Crippen molar-refractivity contribution in [1.29, 1.82) is 0 Å². The van der Waals surface area contributed by atoms with E-state index in [-0.39, 0.29) is 0 Å². The monoisotopic (exact) mass is 450 g/mol. The van der Waals surface area contributed by atoms with Crippen molar-refractivity contribution in [3.8, 4) is 0 Å². The highest BCUT2D eigenvalue weighted by Crippen LogP contribution is 2.37. The molecule has 0 bridgehead atoms. The summed E-state index contributed by atoms with van der Waals surface area (Å²) in [4.78, 5) is 11.8. The molecule has 0 saturated carbocycles. The molecule has 0 atom stereocenters. The van der Waals surface area contributed by atoms with Crippen LogP contribution in [0.4, 0.5) is 5.82 Å². The van der Waals surface area contributed by atoms with Crippen LogP contribution in [0.2, 0.25) is 10.0 Å². The van der Waals surface area contributed by atoms with E-state index < -0.39 is 0 Å². The van der Waals surface area contributed by atoms with Crippen molar-refractivity contribution in [2.24, 2.45) is 0 Å². The van der Waals surface area contributed by atoms with E-state index in [4.69, 9.17) is 33.9 Å². The summed E-state index contributed by atoms with van der Waals surface area (Å²) in [5.74, 6) is 1.81. The lowest BCUT2D eigenvalue weighted by Gasteiger charge is -2.05. The van der Waals surface area contributed by atoms with E-state index in [9.17, 15) is 0 Å². The number of nitrogen functional groups attached to an aromatic ring is 1. The summed E-state index contributed by atoms with van der Waals surface area (Å²) in [5.41, 5.74) is 8.27. The van der Waals surface area contributed by atoms with Crippen molar-refractivity contribution in [2.45, 2.75) is 43.0 Å². The van der Waals surface area contributed by atoms with Crippen LogP contribution in [-0.2, 0) is 18.6 Å². The number of anilines is 1. The van der Waals surface area contributed by atoms with Crippen LogP contribution in [-0.4, -0.2) is 24.6 Å². The number of rotatable bonds is 3. The molecule has 4 aromatic rings. The molecule has 2 N–H and O–H groups in total. The van der Waals surface area contributed by atoms with Gasteiger partial charge in [0.15, 0.2) is 10.8 Å². The van der Waals surface area contributed by atoms with E-state index in [0.717, 1.165) is 23.1 Å². The molecule has 4 heterocycles. The van der Waals surface area contributed by atoms with E-state index in [1.807, 2.05) is 0 Å². The van der Waals surface area contributed by atoms with Gasteiger partial charge in [-0.3, -0.25) is 4.40 Å². The van der Waals surface area contributed by atoms with Crippen LogP contribution >= 0.6 is 46.3 Å². The Balaban J connectivity index is 1.46. The van der Waals surface area contributed by atoms with Crippen LogP contribution in [0.5, 0.6) is 0 Å². The molecule has 144 valence electrons. The van der Waals surface area contributed by atoms with Gasteiger partial charge in [0.1, 0.15) is 16.5 Å². The molecule has 0 aromatic carbocycles. The predicted octanol–water partition coefficient (Wildman–Crippen LogP) is 5.18. The Labute approximate surface area is 179 Å². The molecule has 4 aromatic heterocycles. The molecule has 28 heavy (non-hydrogen) atoms. The molecule has 0 unspecified atom stereocenters. The first-order valence-corrected chi connectivity index (χ1v) is 11.5. The first-order chi connectivity index (χ1) is 13.6. The molecule has 0 saturated heterocycles. The molecule has 1 aliphatic rings. The Hall–Kier alpha value is -1.61. The number of halogens is 2. The van der Waals surface area contributed by atoms with Crippen molar-refractivity contribution in [1.82, 2.24) is 24.6 Å². The van der Waals surface area contributed by atoms with Gasteiger partial charge in [0, 0.05) is 11.1 Å². The maximum atomic E-state index is 6.33. The molecule has 0 radical (unpaired) electrons. The second-order valence-electron chi connectivity index (χ2n) is 6.74. The minimum absolute atomic E-state index is 0.467. The van der Waals surface area contributed by atoms with Gasteiger partial charge in [0.2, 0.25) is 0 Å². The standard InChI is InChI=1S/C18H16Cl2N6S2/c19-9-6-11(20)16-24-25-18(26(16)7-9)27-8-13-22-15(21)14-10-4-2-1-3-5-12(10)28-17(14)23-13/h6-7H,1-5,8H2,(H2,21,22,23). The van der Waals surface area contributed by atoms with Crippen molar-refractivity contribution in [3.63, 3.8) is 0 Å². The molecule has 6 nitrogen and oxygen atoms in total. The normalized spacial score (nSPS) is 14.5. The van der Waals surface area contributed by atoms with Crippen LogP contribution in [0.1, 0.15) is 35.5 Å². The second-order valence-corrected chi connectivity index (χ2v) is 9.61. The van der Waals surface area contributed by atoms with E-state index in [1.54, 1.807) is 28.0 Å². The molecular formula is C18H16Cl2N6S2. The summed E-state index contributed by atoms with van der Waals surface area (Å²) >= 11 is 15.5. The topological polar surface area (TPSA) is 82.0 Å². The number of pyridine rings is 1. The summed E-state index contributed by atoms with van der Waals surface area (Å²) in [6.45, 7) is 0. The highest BCUT2D eigenvalue weighted by molar-refractivity contribution is 7.98. The number of aryl methyl sites for hydroxylation is 2. The first-order valence-electron chi connectivity index (χ1n) is 8.99. The Kier molecular flexibility index (Phi) is 4.82. The largest absolute Gasteiger partial charge is 0.383 e. The molecule has 10 heteroatoms. The number of hydrogen-bond acceptors (Lipinski definition) is 7. The lowest BCUT2D eigenvalue weighted by molar-refractivity contribution is 0.713. The van der Waals surface area contributed by atoms with E-state index >= 15 is 0 Å². The van der Waals surface area contributed by atoms with Gasteiger partial charge in [0.25, 0.3) is 0 Å². The van der Waals surface area contributed by atoms with Gasteiger partial charge < -0.3 is 5.73 Å². The molecule has 0 amide bonds. The van der Waals surface area contributed by atoms with E-state index in [1.165, 1.54) is 41.5 Å². The van der Waals surface area contributed by atoms with Gasteiger partial charge in [-0.1, -0.05) is 41.4 Å². The minimum atomic E-state index is 0.467. The van der Waals surface area contributed by atoms with Crippen molar-refractivity contribution in [3.05, 3.63) is 38.6 Å². The Morgan fingerprint density at radius 3 is 2.89 bits per heavy atom. The van der Waals surface area contributed by atoms with Crippen molar-refractivity contribution >= 4 is 68.0 Å². The van der Waals surface area contributed by atoms with Crippen LogP contribution in [0, 0.1) is 0 Å². The highest BCUT2D eigenvalue weighted by atomic mass is 35.5.